The molecule has 0 heterocycles. The molecule has 3 nitrogen and oxygen atoms in total. The Morgan fingerprint density at radius 2 is 1.40 bits per heavy atom. The Labute approximate surface area is 148 Å². The molecule has 0 spiro atoms. The van der Waals surface area contributed by atoms with Gasteiger partial charge in [0, 0.05) is 19.2 Å². The monoisotopic (exact) mass is 331 g/mol. The van der Waals surface area contributed by atoms with Gasteiger partial charge in [-0.1, -0.05) is 60.7 Å². The number of para-hydroxylation sites is 1. The Morgan fingerprint density at radius 3 is 2.04 bits per heavy atom. The van der Waals surface area contributed by atoms with Crippen molar-refractivity contribution in [2.24, 2.45) is 0 Å². The van der Waals surface area contributed by atoms with E-state index in [-0.39, 0.29) is 5.91 Å². The Bertz CT molecular complexity index is 798. The van der Waals surface area contributed by atoms with Gasteiger partial charge in [-0.2, -0.15) is 0 Å². The minimum absolute atomic E-state index is 0.0133. The number of benzene rings is 3. The van der Waals surface area contributed by atoms with Gasteiger partial charge in [0.15, 0.2) is 0 Å². The number of amides is 1. The molecule has 0 aliphatic carbocycles. The maximum atomic E-state index is 12.5. The number of carbonyl (C=O) groups excluding carboxylic acids is 1. The third-order valence-corrected chi connectivity index (χ3v) is 3.96. The van der Waals surface area contributed by atoms with Crippen LogP contribution in [0.3, 0.4) is 0 Å². The summed E-state index contributed by atoms with van der Waals surface area (Å²) in [4.78, 5) is 14.3. The molecule has 126 valence electrons. The van der Waals surface area contributed by atoms with Gasteiger partial charge in [0.25, 0.3) is 5.91 Å². The Balaban J connectivity index is 1.58. The molecule has 0 N–H and O–H groups in total. The summed E-state index contributed by atoms with van der Waals surface area (Å²) in [6.45, 7) is 1.08. The maximum absolute atomic E-state index is 12.5. The van der Waals surface area contributed by atoms with Crippen molar-refractivity contribution in [3.63, 3.8) is 0 Å². The lowest BCUT2D eigenvalue weighted by Gasteiger charge is -2.17. The smallest absolute Gasteiger partial charge is 0.253 e. The summed E-state index contributed by atoms with van der Waals surface area (Å²) in [7, 11) is 1.82. The summed E-state index contributed by atoms with van der Waals surface area (Å²) in [6.07, 6.45) is 0. The standard InChI is InChI=1S/C22H21NO2/c1-23(16-18-8-4-2-5-9-18)22(24)20-14-12-19(13-15-20)17-25-21-10-6-3-7-11-21/h2-15H,16-17H2,1H3. The fourth-order valence-electron chi connectivity index (χ4n) is 2.58. The average Bonchev–Trinajstić information content (AvgIpc) is 2.68. The van der Waals surface area contributed by atoms with E-state index < -0.39 is 0 Å². The third kappa shape index (κ3) is 4.70. The zero-order valence-electron chi connectivity index (χ0n) is 14.3. The zero-order chi connectivity index (χ0) is 17.5. The van der Waals surface area contributed by atoms with Gasteiger partial charge in [0.2, 0.25) is 0 Å². The molecule has 0 aliphatic heterocycles. The molecule has 0 aliphatic rings. The first-order chi connectivity index (χ1) is 12.2. The van der Waals surface area contributed by atoms with Gasteiger partial charge in [-0.15, -0.1) is 0 Å². The first-order valence-corrected chi connectivity index (χ1v) is 8.28. The molecule has 3 heteroatoms. The molecule has 0 atom stereocenters. The quantitative estimate of drug-likeness (QED) is 0.664. The lowest BCUT2D eigenvalue weighted by Crippen LogP contribution is -2.26. The van der Waals surface area contributed by atoms with Crippen LogP contribution in [0.4, 0.5) is 0 Å². The maximum Gasteiger partial charge on any atom is 0.253 e. The fraction of sp³-hybridized carbons (Fsp3) is 0.136. The van der Waals surface area contributed by atoms with Gasteiger partial charge in [-0.3, -0.25) is 4.79 Å². The fourth-order valence-corrected chi connectivity index (χ4v) is 2.58. The van der Waals surface area contributed by atoms with Crippen LogP contribution in [0, 0.1) is 0 Å². The van der Waals surface area contributed by atoms with Crippen molar-refractivity contribution in [3.05, 3.63) is 102 Å². The van der Waals surface area contributed by atoms with Crippen LogP contribution in [-0.2, 0) is 13.2 Å². The third-order valence-electron chi connectivity index (χ3n) is 3.96. The Hall–Kier alpha value is -3.07. The molecule has 0 radical (unpaired) electrons. The second-order valence-corrected chi connectivity index (χ2v) is 5.95. The lowest BCUT2D eigenvalue weighted by atomic mass is 10.1. The van der Waals surface area contributed by atoms with Crippen molar-refractivity contribution in [2.75, 3.05) is 7.05 Å². The molecule has 25 heavy (non-hydrogen) atoms. The SMILES string of the molecule is CN(Cc1ccccc1)C(=O)c1ccc(COc2ccccc2)cc1. The van der Waals surface area contributed by atoms with Crippen LogP contribution in [0.15, 0.2) is 84.9 Å². The van der Waals surface area contributed by atoms with Gasteiger partial charge >= 0.3 is 0 Å². The highest BCUT2D eigenvalue weighted by atomic mass is 16.5. The van der Waals surface area contributed by atoms with Crippen molar-refractivity contribution in [3.8, 4) is 5.75 Å². The van der Waals surface area contributed by atoms with Crippen molar-refractivity contribution in [2.45, 2.75) is 13.2 Å². The van der Waals surface area contributed by atoms with Crippen LogP contribution in [0.5, 0.6) is 5.75 Å². The minimum atomic E-state index is 0.0133. The van der Waals surface area contributed by atoms with E-state index >= 15 is 0 Å². The largest absolute Gasteiger partial charge is 0.489 e. The number of hydrogen-bond acceptors (Lipinski definition) is 2. The van der Waals surface area contributed by atoms with E-state index in [0.29, 0.717) is 18.7 Å². The van der Waals surface area contributed by atoms with Gasteiger partial charge in [-0.25, -0.2) is 0 Å². The second-order valence-electron chi connectivity index (χ2n) is 5.95. The van der Waals surface area contributed by atoms with Crippen molar-refractivity contribution < 1.29 is 9.53 Å². The highest BCUT2D eigenvalue weighted by molar-refractivity contribution is 5.94. The van der Waals surface area contributed by atoms with E-state index in [1.165, 1.54) is 0 Å². The predicted molar refractivity (Wildman–Crippen MR) is 99.5 cm³/mol. The average molecular weight is 331 g/mol. The molecule has 0 saturated heterocycles. The molecule has 0 bridgehead atoms. The van der Waals surface area contributed by atoms with Crippen LogP contribution >= 0.6 is 0 Å². The number of ether oxygens (including phenoxy) is 1. The summed E-state index contributed by atoms with van der Waals surface area (Å²) in [5.41, 5.74) is 2.83. The molecule has 0 saturated carbocycles. The number of nitrogens with zero attached hydrogens (tertiary/aromatic N) is 1. The van der Waals surface area contributed by atoms with Crippen LogP contribution < -0.4 is 4.74 Å². The molecule has 0 aromatic heterocycles. The molecule has 3 aromatic carbocycles. The first kappa shape index (κ1) is 16.8. The highest BCUT2D eigenvalue weighted by Gasteiger charge is 2.11. The highest BCUT2D eigenvalue weighted by Crippen LogP contribution is 2.13. The summed E-state index contributed by atoms with van der Waals surface area (Å²) in [6, 6.07) is 27.3. The second kappa shape index (κ2) is 8.15. The van der Waals surface area contributed by atoms with Gasteiger partial charge < -0.3 is 9.64 Å². The molecular formula is C22H21NO2. The van der Waals surface area contributed by atoms with Crippen LogP contribution in [0.2, 0.25) is 0 Å². The van der Waals surface area contributed by atoms with E-state index in [1.807, 2.05) is 92.0 Å². The van der Waals surface area contributed by atoms with Gasteiger partial charge in [0.1, 0.15) is 12.4 Å². The van der Waals surface area contributed by atoms with E-state index in [2.05, 4.69) is 0 Å². The van der Waals surface area contributed by atoms with Crippen LogP contribution in [0.1, 0.15) is 21.5 Å². The molecule has 0 unspecified atom stereocenters. The number of carbonyl (C=O) groups is 1. The summed E-state index contributed by atoms with van der Waals surface area (Å²) < 4.78 is 5.72. The van der Waals surface area contributed by atoms with E-state index in [9.17, 15) is 4.79 Å². The van der Waals surface area contributed by atoms with Crippen LogP contribution in [-0.4, -0.2) is 17.9 Å². The molecule has 3 aromatic rings. The molecule has 0 fully saturated rings. The molecule has 1 amide bonds. The van der Waals surface area contributed by atoms with Crippen molar-refractivity contribution in [1.82, 2.24) is 4.90 Å². The summed E-state index contributed by atoms with van der Waals surface area (Å²) >= 11 is 0. The van der Waals surface area contributed by atoms with E-state index in [4.69, 9.17) is 4.74 Å². The first-order valence-electron chi connectivity index (χ1n) is 8.28. The Morgan fingerprint density at radius 1 is 0.800 bits per heavy atom. The van der Waals surface area contributed by atoms with Crippen molar-refractivity contribution in [1.29, 1.82) is 0 Å². The topological polar surface area (TPSA) is 29.5 Å². The minimum Gasteiger partial charge on any atom is -0.489 e. The van der Waals surface area contributed by atoms with Gasteiger partial charge in [-0.05, 0) is 35.4 Å². The van der Waals surface area contributed by atoms with Crippen molar-refractivity contribution >= 4 is 5.91 Å². The normalized spacial score (nSPS) is 10.3. The molecule has 3 rings (SSSR count). The Kier molecular flexibility index (Phi) is 5.47. The van der Waals surface area contributed by atoms with Gasteiger partial charge in [0.05, 0.1) is 0 Å². The van der Waals surface area contributed by atoms with Crippen LogP contribution in [0.25, 0.3) is 0 Å². The summed E-state index contributed by atoms with van der Waals surface area (Å²) in [5, 5.41) is 0. The number of hydrogen-bond donors (Lipinski definition) is 0. The zero-order valence-corrected chi connectivity index (χ0v) is 14.3. The van der Waals surface area contributed by atoms with E-state index in [1.54, 1.807) is 4.90 Å². The lowest BCUT2D eigenvalue weighted by molar-refractivity contribution is 0.0785. The van der Waals surface area contributed by atoms with E-state index in [0.717, 1.165) is 16.9 Å². The number of rotatable bonds is 6. The predicted octanol–water partition coefficient (Wildman–Crippen LogP) is 4.54. The molecular weight excluding hydrogens is 310 g/mol. The summed E-state index contributed by atoms with van der Waals surface area (Å²) in [5.74, 6) is 0.852.